The number of hydrogen-bond acceptors (Lipinski definition) is 4. The SMILES string of the molecule is CC(C)(C)OC(=O)N1Cc2ccccc2-c2sc3ccccc3c2C1=O. The summed E-state index contributed by atoms with van der Waals surface area (Å²) in [5, 5.41) is 0.878. The van der Waals surface area contributed by atoms with Crippen LogP contribution in [-0.4, -0.2) is 22.5 Å². The van der Waals surface area contributed by atoms with Crippen molar-refractivity contribution < 1.29 is 14.3 Å². The van der Waals surface area contributed by atoms with E-state index in [0.29, 0.717) is 5.56 Å². The molecule has 4 nitrogen and oxygen atoms in total. The number of ether oxygens (including phenoxy) is 1. The van der Waals surface area contributed by atoms with Crippen LogP contribution in [0.5, 0.6) is 0 Å². The Morgan fingerprint density at radius 1 is 1.08 bits per heavy atom. The maximum absolute atomic E-state index is 13.3. The van der Waals surface area contributed by atoms with Crippen molar-refractivity contribution >= 4 is 33.4 Å². The fourth-order valence-electron chi connectivity index (χ4n) is 3.17. The van der Waals surface area contributed by atoms with E-state index >= 15 is 0 Å². The molecule has 26 heavy (non-hydrogen) atoms. The van der Waals surface area contributed by atoms with E-state index in [-0.39, 0.29) is 12.5 Å². The second-order valence-electron chi connectivity index (χ2n) is 7.33. The minimum atomic E-state index is -0.664. The minimum Gasteiger partial charge on any atom is -0.443 e. The highest BCUT2D eigenvalue weighted by molar-refractivity contribution is 7.22. The number of amides is 2. The van der Waals surface area contributed by atoms with Gasteiger partial charge in [-0.2, -0.15) is 0 Å². The van der Waals surface area contributed by atoms with Crippen molar-refractivity contribution in [1.29, 1.82) is 0 Å². The molecule has 0 radical (unpaired) electrons. The Balaban J connectivity index is 1.93. The molecule has 5 heteroatoms. The monoisotopic (exact) mass is 365 g/mol. The Kier molecular flexibility index (Phi) is 3.84. The lowest BCUT2D eigenvalue weighted by Crippen LogP contribution is -2.39. The van der Waals surface area contributed by atoms with Crippen molar-refractivity contribution in [3.05, 3.63) is 59.7 Å². The standard InChI is InChI=1S/C21H19NO3S/c1-21(2,3)25-20(24)22-12-13-8-4-5-9-14(13)18-17(19(22)23)15-10-6-7-11-16(15)26-18/h4-11H,12H2,1-3H3. The van der Waals surface area contributed by atoms with E-state index in [1.54, 1.807) is 32.1 Å². The summed E-state index contributed by atoms with van der Waals surface area (Å²) in [5.41, 5.74) is 1.87. The molecule has 0 spiro atoms. The average molecular weight is 365 g/mol. The second kappa shape index (κ2) is 5.95. The molecule has 0 unspecified atom stereocenters. The topological polar surface area (TPSA) is 46.6 Å². The summed E-state index contributed by atoms with van der Waals surface area (Å²) in [7, 11) is 0. The summed E-state index contributed by atoms with van der Waals surface area (Å²) < 4.78 is 6.53. The lowest BCUT2D eigenvalue weighted by atomic mass is 10.0. The molecule has 1 aromatic heterocycles. The number of benzene rings is 2. The molecule has 4 rings (SSSR count). The Bertz CT molecular complexity index is 1030. The van der Waals surface area contributed by atoms with Crippen LogP contribution in [-0.2, 0) is 11.3 Å². The van der Waals surface area contributed by atoms with Crippen molar-refractivity contribution in [2.75, 3.05) is 0 Å². The van der Waals surface area contributed by atoms with Crippen LogP contribution in [0.25, 0.3) is 20.5 Å². The quantitative estimate of drug-likeness (QED) is 0.531. The van der Waals surface area contributed by atoms with Crippen LogP contribution in [0.15, 0.2) is 48.5 Å². The Morgan fingerprint density at radius 3 is 2.54 bits per heavy atom. The number of nitrogens with zero attached hydrogens (tertiary/aromatic N) is 1. The predicted octanol–water partition coefficient (Wildman–Crippen LogP) is 5.46. The van der Waals surface area contributed by atoms with Crippen LogP contribution in [0.2, 0.25) is 0 Å². The number of carbonyl (C=O) groups is 2. The molecule has 0 saturated heterocycles. The predicted molar refractivity (Wildman–Crippen MR) is 103 cm³/mol. The highest BCUT2D eigenvalue weighted by atomic mass is 32.1. The van der Waals surface area contributed by atoms with Crippen LogP contribution in [0.3, 0.4) is 0 Å². The van der Waals surface area contributed by atoms with E-state index in [2.05, 4.69) is 0 Å². The normalized spacial score (nSPS) is 14.0. The number of thiophene rings is 1. The third-order valence-corrected chi connectivity index (χ3v) is 5.46. The van der Waals surface area contributed by atoms with Crippen molar-refractivity contribution in [2.45, 2.75) is 32.9 Å². The zero-order chi connectivity index (χ0) is 18.5. The molecule has 1 aliphatic rings. The van der Waals surface area contributed by atoms with Crippen molar-refractivity contribution in [2.24, 2.45) is 0 Å². The van der Waals surface area contributed by atoms with Gasteiger partial charge in [0.15, 0.2) is 0 Å². The van der Waals surface area contributed by atoms with Crippen molar-refractivity contribution in [3.63, 3.8) is 0 Å². The van der Waals surface area contributed by atoms with E-state index in [9.17, 15) is 9.59 Å². The van der Waals surface area contributed by atoms with Gasteiger partial charge in [0, 0.05) is 15.0 Å². The van der Waals surface area contributed by atoms with Gasteiger partial charge in [0.05, 0.1) is 12.1 Å². The van der Waals surface area contributed by atoms with Crippen LogP contribution in [0.4, 0.5) is 4.79 Å². The molecule has 3 aromatic rings. The summed E-state index contributed by atoms with van der Waals surface area (Å²) in [4.78, 5) is 28.2. The van der Waals surface area contributed by atoms with E-state index in [0.717, 1.165) is 26.1 Å². The van der Waals surface area contributed by atoms with E-state index in [1.807, 2.05) is 48.5 Å². The van der Waals surface area contributed by atoms with Crippen LogP contribution in [0.1, 0.15) is 36.7 Å². The lowest BCUT2D eigenvalue weighted by Gasteiger charge is -2.25. The summed E-state index contributed by atoms with van der Waals surface area (Å²) in [6.45, 7) is 5.60. The first-order valence-electron chi connectivity index (χ1n) is 8.50. The van der Waals surface area contributed by atoms with Crippen LogP contribution >= 0.6 is 11.3 Å². The first-order chi connectivity index (χ1) is 12.3. The first-order valence-corrected chi connectivity index (χ1v) is 9.31. The number of carbonyl (C=O) groups excluding carboxylic acids is 2. The molecular formula is C21H19NO3S. The second-order valence-corrected chi connectivity index (χ2v) is 8.38. The van der Waals surface area contributed by atoms with Crippen LogP contribution in [0, 0.1) is 0 Å². The van der Waals surface area contributed by atoms with Gasteiger partial charge in [-0.05, 0) is 38.0 Å². The Hall–Kier alpha value is -2.66. The van der Waals surface area contributed by atoms with Crippen LogP contribution < -0.4 is 0 Å². The summed E-state index contributed by atoms with van der Waals surface area (Å²) >= 11 is 1.59. The molecule has 2 heterocycles. The molecule has 0 fully saturated rings. The molecule has 2 aromatic carbocycles. The van der Waals surface area contributed by atoms with Gasteiger partial charge in [0.25, 0.3) is 5.91 Å². The fraction of sp³-hybridized carbons (Fsp3) is 0.238. The molecule has 0 aliphatic carbocycles. The molecule has 0 saturated carbocycles. The Labute approximate surface area is 156 Å². The largest absolute Gasteiger partial charge is 0.443 e. The van der Waals surface area contributed by atoms with Gasteiger partial charge >= 0.3 is 6.09 Å². The maximum Gasteiger partial charge on any atom is 0.417 e. The number of fused-ring (bicyclic) bond motifs is 5. The molecule has 0 N–H and O–H groups in total. The highest BCUT2D eigenvalue weighted by Crippen LogP contribution is 2.43. The number of rotatable bonds is 0. The average Bonchev–Trinajstić information content (AvgIpc) is 2.91. The van der Waals surface area contributed by atoms with Gasteiger partial charge in [-0.15, -0.1) is 11.3 Å². The zero-order valence-electron chi connectivity index (χ0n) is 14.9. The molecule has 132 valence electrons. The number of hydrogen-bond donors (Lipinski definition) is 0. The first kappa shape index (κ1) is 16.8. The molecule has 0 atom stereocenters. The van der Waals surface area contributed by atoms with Gasteiger partial charge in [0.1, 0.15) is 5.60 Å². The van der Waals surface area contributed by atoms with Gasteiger partial charge < -0.3 is 4.74 Å². The maximum atomic E-state index is 13.3. The fourth-order valence-corrected chi connectivity index (χ4v) is 4.42. The van der Waals surface area contributed by atoms with Gasteiger partial charge in [0.2, 0.25) is 0 Å². The molecule has 2 amide bonds. The lowest BCUT2D eigenvalue weighted by molar-refractivity contribution is 0.0230. The van der Waals surface area contributed by atoms with E-state index < -0.39 is 11.7 Å². The third kappa shape index (κ3) is 2.78. The summed E-state index contributed by atoms with van der Waals surface area (Å²) in [5.74, 6) is -0.303. The van der Waals surface area contributed by atoms with Gasteiger partial charge in [-0.3, -0.25) is 4.79 Å². The van der Waals surface area contributed by atoms with Gasteiger partial charge in [-0.25, -0.2) is 9.69 Å². The molecule has 1 aliphatic heterocycles. The summed E-state index contributed by atoms with van der Waals surface area (Å²) in [6.07, 6.45) is -0.611. The minimum absolute atomic E-state index is 0.208. The zero-order valence-corrected chi connectivity index (χ0v) is 15.7. The van der Waals surface area contributed by atoms with E-state index in [4.69, 9.17) is 4.74 Å². The number of imide groups is 1. The highest BCUT2D eigenvalue weighted by Gasteiger charge is 2.35. The molecular weight excluding hydrogens is 346 g/mol. The molecule has 0 bridgehead atoms. The third-order valence-electron chi connectivity index (χ3n) is 4.26. The van der Waals surface area contributed by atoms with Gasteiger partial charge in [-0.1, -0.05) is 42.5 Å². The van der Waals surface area contributed by atoms with Crippen molar-refractivity contribution in [1.82, 2.24) is 4.90 Å². The van der Waals surface area contributed by atoms with Crippen molar-refractivity contribution in [3.8, 4) is 10.4 Å². The summed E-state index contributed by atoms with van der Waals surface area (Å²) in [6, 6.07) is 15.7. The smallest absolute Gasteiger partial charge is 0.417 e. The van der Waals surface area contributed by atoms with E-state index in [1.165, 1.54) is 4.90 Å². The Morgan fingerprint density at radius 2 is 1.77 bits per heavy atom.